The largest absolute Gasteiger partial charge is 0.496 e. The number of benzene rings is 3. The minimum absolute atomic E-state index is 0.0577. The Hall–Kier alpha value is -3.01. The van der Waals surface area contributed by atoms with Crippen LogP contribution in [0.5, 0.6) is 17.2 Å². The molecule has 0 unspecified atom stereocenters. The van der Waals surface area contributed by atoms with Gasteiger partial charge in [-0.2, -0.15) is 0 Å². The highest BCUT2D eigenvalue weighted by Gasteiger charge is 2.47. The van der Waals surface area contributed by atoms with E-state index in [1.807, 2.05) is 48.5 Å². The van der Waals surface area contributed by atoms with Crippen LogP contribution in [0, 0.1) is 0 Å². The van der Waals surface area contributed by atoms with Gasteiger partial charge in [0, 0.05) is 12.8 Å². The summed E-state index contributed by atoms with van der Waals surface area (Å²) in [6, 6.07) is 17.5. The fourth-order valence-corrected chi connectivity index (χ4v) is 3.88. The molecule has 0 saturated heterocycles. The van der Waals surface area contributed by atoms with E-state index in [0.717, 1.165) is 27.8 Å². The number of fused-ring (bicyclic) bond motifs is 2. The molecule has 1 aliphatic carbocycles. The minimum atomic E-state index is -1.000. The van der Waals surface area contributed by atoms with Crippen LogP contribution in [0.3, 0.4) is 0 Å². The van der Waals surface area contributed by atoms with Crippen LogP contribution >= 0.6 is 0 Å². The summed E-state index contributed by atoms with van der Waals surface area (Å²) >= 11 is 0. The van der Waals surface area contributed by atoms with Crippen LogP contribution in [0.4, 0.5) is 0 Å². The number of hydrogen-bond acceptors (Lipinski definition) is 4. The van der Waals surface area contributed by atoms with Crippen LogP contribution < -0.4 is 14.2 Å². The van der Waals surface area contributed by atoms with Crippen molar-refractivity contribution in [2.75, 3.05) is 7.11 Å². The van der Waals surface area contributed by atoms with Gasteiger partial charge in [-0.05, 0) is 23.6 Å². The molecule has 3 aromatic carbocycles. The van der Waals surface area contributed by atoms with E-state index >= 15 is 0 Å². The van der Waals surface area contributed by atoms with Crippen LogP contribution in [-0.2, 0) is 5.79 Å². The van der Waals surface area contributed by atoms with Gasteiger partial charge in [-0.3, -0.25) is 4.79 Å². The quantitative estimate of drug-likeness (QED) is 0.660. The molecule has 25 heavy (non-hydrogen) atoms. The molecule has 5 rings (SSSR count). The highest BCUT2D eigenvalue weighted by molar-refractivity contribution is 6.02. The third kappa shape index (κ3) is 1.91. The Kier molecular flexibility index (Phi) is 2.86. The lowest BCUT2D eigenvalue weighted by molar-refractivity contribution is -0.135. The van der Waals surface area contributed by atoms with E-state index in [1.54, 1.807) is 13.2 Å². The van der Waals surface area contributed by atoms with Crippen LogP contribution in [0.25, 0.3) is 10.8 Å². The molecule has 0 bridgehead atoms. The fourth-order valence-electron chi connectivity index (χ4n) is 3.88. The maximum absolute atomic E-state index is 12.5. The molecule has 124 valence electrons. The standard InChI is InChI=1S/C21H16O4/c1-23-16-8-4-7-14-20(16)15(22)11-12-21(14)24-17-9-2-5-13-6-3-10-18(25-21)19(13)17/h2-10H,11-12H2,1H3. The zero-order chi connectivity index (χ0) is 17.0. The molecule has 1 heterocycles. The summed E-state index contributed by atoms with van der Waals surface area (Å²) < 4.78 is 18.2. The van der Waals surface area contributed by atoms with Crippen molar-refractivity contribution in [3.63, 3.8) is 0 Å². The van der Waals surface area contributed by atoms with Crippen LogP contribution in [0.15, 0.2) is 54.6 Å². The maximum atomic E-state index is 12.5. The summed E-state index contributed by atoms with van der Waals surface area (Å²) in [5.74, 6) is 1.18. The number of carbonyl (C=O) groups excluding carboxylic acids is 1. The molecular weight excluding hydrogens is 316 g/mol. The van der Waals surface area contributed by atoms with Crippen LogP contribution in [0.1, 0.15) is 28.8 Å². The zero-order valence-electron chi connectivity index (χ0n) is 13.7. The van der Waals surface area contributed by atoms with Gasteiger partial charge < -0.3 is 14.2 Å². The molecule has 1 aliphatic heterocycles. The monoisotopic (exact) mass is 332 g/mol. The first-order valence-corrected chi connectivity index (χ1v) is 8.32. The second-order valence-electron chi connectivity index (χ2n) is 6.37. The van der Waals surface area contributed by atoms with Gasteiger partial charge in [-0.25, -0.2) is 0 Å². The lowest BCUT2D eigenvalue weighted by Gasteiger charge is -2.41. The minimum Gasteiger partial charge on any atom is -0.496 e. The molecule has 0 fully saturated rings. The molecule has 4 heteroatoms. The van der Waals surface area contributed by atoms with Crippen molar-refractivity contribution < 1.29 is 19.0 Å². The first kappa shape index (κ1) is 14.3. The van der Waals surface area contributed by atoms with Crippen LogP contribution in [0.2, 0.25) is 0 Å². The number of ether oxygens (including phenoxy) is 3. The Morgan fingerprint density at radius 3 is 2.32 bits per heavy atom. The van der Waals surface area contributed by atoms with E-state index in [2.05, 4.69) is 0 Å². The molecule has 0 radical (unpaired) electrons. The van der Waals surface area contributed by atoms with Crippen molar-refractivity contribution in [1.82, 2.24) is 0 Å². The zero-order valence-corrected chi connectivity index (χ0v) is 13.7. The van der Waals surface area contributed by atoms with Crippen molar-refractivity contribution in [2.24, 2.45) is 0 Å². The number of rotatable bonds is 1. The van der Waals surface area contributed by atoms with Gasteiger partial charge in [-0.1, -0.05) is 36.4 Å². The molecule has 2 aliphatic rings. The van der Waals surface area contributed by atoms with Gasteiger partial charge in [0.1, 0.15) is 17.2 Å². The average Bonchev–Trinajstić information content (AvgIpc) is 2.65. The molecule has 0 atom stereocenters. The van der Waals surface area contributed by atoms with E-state index in [1.165, 1.54) is 0 Å². The van der Waals surface area contributed by atoms with E-state index in [4.69, 9.17) is 14.2 Å². The number of methoxy groups -OCH3 is 1. The van der Waals surface area contributed by atoms with Crippen molar-refractivity contribution in [1.29, 1.82) is 0 Å². The second-order valence-corrected chi connectivity index (χ2v) is 6.37. The predicted octanol–water partition coefficient (Wildman–Crippen LogP) is 4.45. The summed E-state index contributed by atoms with van der Waals surface area (Å²) in [5, 5.41) is 2.04. The molecular formula is C21H16O4. The van der Waals surface area contributed by atoms with Gasteiger partial charge in [0.05, 0.1) is 23.6 Å². The third-order valence-electron chi connectivity index (χ3n) is 4.99. The van der Waals surface area contributed by atoms with E-state index in [-0.39, 0.29) is 5.78 Å². The van der Waals surface area contributed by atoms with Gasteiger partial charge in [0.15, 0.2) is 5.78 Å². The Morgan fingerprint density at radius 2 is 1.64 bits per heavy atom. The molecule has 1 spiro atoms. The Bertz CT molecular complexity index is 981. The topological polar surface area (TPSA) is 44.8 Å². The maximum Gasteiger partial charge on any atom is 0.279 e. The molecule has 4 nitrogen and oxygen atoms in total. The Balaban J connectivity index is 1.75. The lowest BCUT2D eigenvalue weighted by atomic mass is 9.84. The predicted molar refractivity (Wildman–Crippen MR) is 93.4 cm³/mol. The molecule has 3 aromatic rings. The Labute approximate surface area is 144 Å². The summed E-state index contributed by atoms with van der Waals surface area (Å²) in [6.07, 6.45) is 0.822. The number of Topliss-reactive ketones (excluding diaryl/α,β-unsaturated/α-hetero) is 1. The number of ketones is 1. The van der Waals surface area contributed by atoms with E-state index < -0.39 is 5.79 Å². The molecule has 0 aromatic heterocycles. The molecule has 0 N–H and O–H groups in total. The summed E-state index contributed by atoms with van der Waals surface area (Å²) in [6.45, 7) is 0. The molecule has 0 saturated carbocycles. The summed E-state index contributed by atoms with van der Waals surface area (Å²) in [5.41, 5.74) is 1.29. The van der Waals surface area contributed by atoms with Crippen molar-refractivity contribution in [3.8, 4) is 17.2 Å². The summed E-state index contributed by atoms with van der Waals surface area (Å²) in [4.78, 5) is 12.5. The van der Waals surface area contributed by atoms with Crippen molar-refractivity contribution >= 4 is 16.6 Å². The fraction of sp³-hybridized carbons (Fsp3) is 0.190. The van der Waals surface area contributed by atoms with Gasteiger partial charge in [0.25, 0.3) is 5.79 Å². The lowest BCUT2D eigenvalue weighted by Crippen LogP contribution is -2.45. The van der Waals surface area contributed by atoms with Crippen LogP contribution in [-0.4, -0.2) is 12.9 Å². The number of hydrogen-bond donors (Lipinski definition) is 0. The second kappa shape index (κ2) is 4.99. The Morgan fingerprint density at radius 1 is 0.960 bits per heavy atom. The highest BCUT2D eigenvalue weighted by Crippen LogP contribution is 2.50. The van der Waals surface area contributed by atoms with Gasteiger partial charge in [-0.15, -0.1) is 0 Å². The molecule has 0 amide bonds. The van der Waals surface area contributed by atoms with Gasteiger partial charge in [0.2, 0.25) is 0 Å². The normalized spacial score (nSPS) is 16.9. The number of carbonyl (C=O) groups is 1. The first-order valence-electron chi connectivity index (χ1n) is 8.32. The first-order chi connectivity index (χ1) is 12.2. The smallest absolute Gasteiger partial charge is 0.279 e. The SMILES string of the molecule is COc1cccc2c1C(=O)CCC21Oc2cccc3cccc(c23)O1. The van der Waals surface area contributed by atoms with Gasteiger partial charge >= 0.3 is 0 Å². The average molecular weight is 332 g/mol. The summed E-state index contributed by atoms with van der Waals surface area (Å²) in [7, 11) is 1.57. The van der Waals surface area contributed by atoms with E-state index in [9.17, 15) is 4.79 Å². The van der Waals surface area contributed by atoms with E-state index in [0.29, 0.717) is 24.2 Å². The van der Waals surface area contributed by atoms with Crippen molar-refractivity contribution in [2.45, 2.75) is 18.6 Å². The van der Waals surface area contributed by atoms with Crippen molar-refractivity contribution in [3.05, 3.63) is 65.7 Å². The highest BCUT2D eigenvalue weighted by atomic mass is 16.7. The third-order valence-corrected chi connectivity index (χ3v) is 4.99.